The molecule has 0 radical (unpaired) electrons. The molecule has 4 rings (SSSR count). The summed E-state index contributed by atoms with van der Waals surface area (Å²) < 4.78 is 14.7. The van der Waals surface area contributed by atoms with Crippen LogP contribution in [0, 0.1) is 0 Å². The monoisotopic (exact) mass is 399 g/mol. The molecule has 0 aliphatic rings. The predicted octanol–water partition coefficient (Wildman–Crippen LogP) is 4.09. The maximum Gasteiger partial charge on any atom is 0.279 e. The number of rotatable bonds is 4. The number of nitrogens with zero attached hydrogens (tertiary/aromatic N) is 3. The van der Waals surface area contributed by atoms with Crippen molar-refractivity contribution in [1.29, 1.82) is 0 Å². The third kappa shape index (κ3) is 3.11. The van der Waals surface area contributed by atoms with Gasteiger partial charge < -0.3 is 14.0 Å². The van der Waals surface area contributed by atoms with Crippen LogP contribution in [0.4, 0.5) is 0 Å². The molecule has 0 aliphatic carbocycles. The van der Waals surface area contributed by atoms with Crippen LogP contribution in [0.3, 0.4) is 0 Å². The lowest BCUT2D eigenvalue weighted by Gasteiger charge is -2.08. The Morgan fingerprint density at radius 1 is 1.15 bits per heavy atom. The highest BCUT2D eigenvalue weighted by atomic mass is 32.1. The van der Waals surface area contributed by atoms with E-state index in [9.17, 15) is 4.79 Å². The lowest BCUT2D eigenvalue weighted by molar-refractivity contribution is 0.0998. The molecular formula is C19H17N3O3S2. The van der Waals surface area contributed by atoms with E-state index in [4.69, 9.17) is 9.47 Å². The molecule has 2 heterocycles. The van der Waals surface area contributed by atoms with Crippen LogP contribution in [0.1, 0.15) is 17.3 Å². The Hall–Kier alpha value is -2.71. The second-order valence-corrected chi connectivity index (χ2v) is 7.65. The first-order chi connectivity index (χ1) is 13.1. The largest absolute Gasteiger partial charge is 0.493 e. The highest BCUT2D eigenvalue weighted by Crippen LogP contribution is 2.33. The second-order valence-electron chi connectivity index (χ2n) is 5.76. The fourth-order valence-corrected chi connectivity index (χ4v) is 4.75. The van der Waals surface area contributed by atoms with Crippen molar-refractivity contribution in [2.75, 3.05) is 14.2 Å². The molecule has 27 heavy (non-hydrogen) atoms. The molecule has 0 aliphatic heterocycles. The van der Waals surface area contributed by atoms with Crippen LogP contribution in [0.25, 0.3) is 20.4 Å². The Morgan fingerprint density at radius 3 is 2.67 bits per heavy atom. The molecule has 138 valence electrons. The van der Waals surface area contributed by atoms with Crippen molar-refractivity contribution in [3.63, 3.8) is 0 Å². The van der Waals surface area contributed by atoms with Gasteiger partial charge in [-0.2, -0.15) is 4.99 Å². The number of carbonyl (C=O) groups is 1. The second kappa shape index (κ2) is 7.13. The fraction of sp³-hybridized carbons (Fsp3) is 0.211. The van der Waals surface area contributed by atoms with Crippen molar-refractivity contribution < 1.29 is 14.3 Å². The molecule has 6 nitrogen and oxygen atoms in total. The Morgan fingerprint density at radius 2 is 1.93 bits per heavy atom. The van der Waals surface area contributed by atoms with E-state index in [1.807, 2.05) is 35.8 Å². The number of methoxy groups -OCH3 is 2. The Kier molecular flexibility index (Phi) is 4.67. The Balaban J connectivity index is 1.84. The lowest BCUT2D eigenvalue weighted by Crippen LogP contribution is -2.15. The Bertz CT molecular complexity index is 1220. The molecule has 0 bridgehead atoms. The third-order valence-electron chi connectivity index (χ3n) is 4.28. The van der Waals surface area contributed by atoms with E-state index in [0.717, 1.165) is 20.4 Å². The average molecular weight is 399 g/mol. The minimum Gasteiger partial charge on any atom is -0.493 e. The highest BCUT2D eigenvalue weighted by molar-refractivity contribution is 7.17. The summed E-state index contributed by atoms with van der Waals surface area (Å²) in [6, 6.07) is 9.29. The lowest BCUT2D eigenvalue weighted by atomic mass is 10.2. The topological polar surface area (TPSA) is 65.7 Å². The minimum absolute atomic E-state index is 0.266. The van der Waals surface area contributed by atoms with Crippen molar-refractivity contribution in [2.45, 2.75) is 13.5 Å². The number of aryl methyl sites for hydroxylation is 1. The van der Waals surface area contributed by atoms with Crippen molar-refractivity contribution in [1.82, 2.24) is 9.55 Å². The zero-order valence-corrected chi connectivity index (χ0v) is 16.7. The minimum atomic E-state index is -0.266. The van der Waals surface area contributed by atoms with Gasteiger partial charge in [-0.15, -0.1) is 11.3 Å². The molecule has 0 N–H and O–H groups in total. The first kappa shape index (κ1) is 17.7. The molecule has 2 aromatic carbocycles. The zero-order valence-electron chi connectivity index (χ0n) is 15.1. The van der Waals surface area contributed by atoms with Gasteiger partial charge in [0, 0.05) is 24.2 Å². The number of amides is 1. The molecular weight excluding hydrogens is 382 g/mol. The van der Waals surface area contributed by atoms with Gasteiger partial charge in [0.1, 0.15) is 0 Å². The molecule has 0 unspecified atom stereocenters. The van der Waals surface area contributed by atoms with E-state index in [1.54, 1.807) is 25.8 Å². The summed E-state index contributed by atoms with van der Waals surface area (Å²) in [4.78, 5) is 22.0. The van der Waals surface area contributed by atoms with E-state index >= 15 is 0 Å². The number of benzene rings is 2. The number of ether oxygens (including phenoxy) is 2. The number of thiazole rings is 2. The molecule has 0 fully saturated rings. The van der Waals surface area contributed by atoms with E-state index < -0.39 is 0 Å². The third-order valence-corrected chi connectivity index (χ3v) is 6.11. The van der Waals surface area contributed by atoms with E-state index in [2.05, 4.69) is 9.98 Å². The summed E-state index contributed by atoms with van der Waals surface area (Å²) in [6.45, 7) is 2.71. The Labute approximate surface area is 163 Å². The first-order valence-electron chi connectivity index (χ1n) is 8.32. The molecule has 1 amide bonds. The molecule has 4 aromatic rings. The van der Waals surface area contributed by atoms with E-state index in [1.165, 1.54) is 22.7 Å². The maximum absolute atomic E-state index is 12.7. The van der Waals surface area contributed by atoms with E-state index in [0.29, 0.717) is 28.4 Å². The molecule has 0 saturated carbocycles. The van der Waals surface area contributed by atoms with Crippen LogP contribution in [0.15, 0.2) is 40.8 Å². The summed E-state index contributed by atoms with van der Waals surface area (Å²) >= 11 is 2.97. The van der Waals surface area contributed by atoms with Crippen LogP contribution in [0.2, 0.25) is 0 Å². The standard InChI is InChI=1S/C19H17N3O3S2/c1-4-22-13-8-14(24-2)15(25-3)9-17(13)27-19(22)21-18(23)11-5-6-12-16(7-11)26-10-20-12/h5-10H,4H2,1-3H3. The van der Waals surface area contributed by atoms with Gasteiger partial charge in [0.05, 0.1) is 40.2 Å². The quantitative estimate of drug-likeness (QED) is 0.518. The molecule has 0 atom stereocenters. The molecule has 8 heteroatoms. The van der Waals surface area contributed by atoms with Gasteiger partial charge in [0.15, 0.2) is 16.3 Å². The predicted molar refractivity (Wildman–Crippen MR) is 108 cm³/mol. The number of carbonyl (C=O) groups excluding carboxylic acids is 1. The number of hydrogen-bond donors (Lipinski definition) is 0. The summed E-state index contributed by atoms with van der Waals surface area (Å²) in [5.41, 5.74) is 4.18. The number of fused-ring (bicyclic) bond motifs is 2. The van der Waals surface area contributed by atoms with Crippen molar-refractivity contribution >= 4 is 49.0 Å². The normalized spacial score (nSPS) is 12.0. The van der Waals surface area contributed by atoms with Crippen LogP contribution in [-0.2, 0) is 6.54 Å². The molecule has 2 aromatic heterocycles. The van der Waals surface area contributed by atoms with Gasteiger partial charge in [-0.25, -0.2) is 4.98 Å². The van der Waals surface area contributed by atoms with Gasteiger partial charge in [-0.3, -0.25) is 4.79 Å². The maximum atomic E-state index is 12.7. The van der Waals surface area contributed by atoms with Gasteiger partial charge in [-0.05, 0) is 25.1 Å². The zero-order chi connectivity index (χ0) is 19.0. The van der Waals surface area contributed by atoms with Crippen molar-refractivity contribution in [3.8, 4) is 11.5 Å². The smallest absolute Gasteiger partial charge is 0.279 e. The summed E-state index contributed by atoms with van der Waals surface area (Å²) in [5, 5.41) is 0. The van der Waals surface area contributed by atoms with Gasteiger partial charge in [0.25, 0.3) is 5.91 Å². The summed E-state index contributed by atoms with van der Waals surface area (Å²) in [5.74, 6) is 1.04. The van der Waals surface area contributed by atoms with Crippen LogP contribution in [-0.4, -0.2) is 29.7 Å². The van der Waals surface area contributed by atoms with E-state index in [-0.39, 0.29) is 5.91 Å². The highest BCUT2D eigenvalue weighted by Gasteiger charge is 2.13. The van der Waals surface area contributed by atoms with Crippen LogP contribution >= 0.6 is 22.7 Å². The summed E-state index contributed by atoms with van der Waals surface area (Å²) in [7, 11) is 3.21. The molecule has 0 saturated heterocycles. The van der Waals surface area contributed by atoms with Crippen LogP contribution < -0.4 is 14.3 Å². The van der Waals surface area contributed by atoms with Crippen molar-refractivity contribution in [3.05, 3.63) is 46.2 Å². The fourth-order valence-electron chi connectivity index (χ4n) is 2.93. The number of hydrogen-bond acceptors (Lipinski definition) is 6. The van der Waals surface area contributed by atoms with Gasteiger partial charge >= 0.3 is 0 Å². The van der Waals surface area contributed by atoms with Crippen LogP contribution in [0.5, 0.6) is 11.5 Å². The summed E-state index contributed by atoms with van der Waals surface area (Å²) in [6.07, 6.45) is 0. The average Bonchev–Trinajstić information content (AvgIpc) is 3.29. The van der Waals surface area contributed by atoms with Gasteiger partial charge in [-0.1, -0.05) is 11.3 Å². The molecule has 0 spiro atoms. The van der Waals surface area contributed by atoms with Crippen molar-refractivity contribution in [2.24, 2.45) is 4.99 Å². The first-order valence-corrected chi connectivity index (χ1v) is 10.0. The van der Waals surface area contributed by atoms with Gasteiger partial charge in [0.2, 0.25) is 0 Å². The SMILES string of the molecule is CCn1c(=NC(=O)c2ccc3ncsc3c2)sc2cc(OC)c(OC)cc21. The number of aromatic nitrogens is 2.